The molecule has 0 aliphatic heterocycles. The first-order valence-electron chi connectivity index (χ1n) is 6.15. The summed E-state index contributed by atoms with van der Waals surface area (Å²) < 4.78 is 9.59. The first kappa shape index (κ1) is 19.2. The zero-order valence-corrected chi connectivity index (χ0v) is 11.2. The molecule has 0 saturated carbocycles. The van der Waals surface area contributed by atoms with E-state index >= 15 is 0 Å². The molecule has 0 rings (SSSR count). The third-order valence-electron chi connectivity index (χ3n) is 1.62. The minimum Gasteiger partial charge on any atom is -0.462 e. The van der Waals surface area contributed by atoms with Crippen molar-refractivity contribution in [3.8, 4) is 0 Å². The average molecular weight is 264 g/mol. The van der Waals surface area contributed by atoms with Crippen LogP contribution in [0.25, 0.3) is 0 Å². The summed E-state index contributed by atoms with van der Waals surface area (Å²) in [7, 11) is 0. The summed E-state index contributed by atoms with van der Waals surface area (Å²) in [5, 5.41) is 15.2. The predicted octanol–water partition coefficient (Wildman–Crippen LogP) is 0.644. The smallest absolute Gasteiger partial charge is 0.305 e. The van der Waals surface area contributed by atoms with Gasteiger partial charge in [-0.15, -0.1) is 0 Å². The summed E-state index contributed by atoms with van der Waals surface area (Å²) in [6, 6.07) is 0. The number of aliphatic hydroxyl groups excluding tert-OH is 2. The summed E-state index contributed by atoms with van der Waals surface area (Å²) in [6.07, 6.45) is 2.38. The first-order valence-corrected chi connectivity index (χ1v) is 6.15. The van der Waals surface area contributed by atoms with Crippen LogP contribution in [-0.2, 0) is 19.1 Å². The number of ether oxygens (including phenoxy) is 2. The lowest BCUT2D eigenvalue weighted by atomic mass is 10.3. The van der Waals surface area contributed by atoms with Gasteiger partial charge in [0, 0.05) is 12.8 Å². The Hall–Kier alpha value is -1.14. The second kappa shape index (κ2) is 15.9. The van der Waals surface area contributed by atoms with E-state index in [2.05, 4.69) is 0 Å². The summed E-state index contributed by atoms with van der Waals surface area (Å²) in [6.45, 7) is 3.88. The Morgan fingerprint density at radius 2 is 1.17 bits per heavy atom. The minimum atomic E-state index is -0.237. The quantitative estimate of drug-likeness (QED) is 0.494. The normalized spacial score (nSPS) is 9.11. The van der Waals surface area contributed by atoms with Gasteiger partial charge in [0.2, 0.25) is 0 Å². The molecule has 0 amide bonds. The largest absolute Gasteiger partial charge is 0.462 e. The molecule has 0 saturated heterocycles. The standard InChI is InChI=1S/C10H18O4.C2H6O2/c1-3-5-9(11)13-7-8-14-10(12)6-4-2;3-1-2-4/h3-8H2,1-2H3;3-4H,1-2H2. The highest BCUT2D eigenvalue weighted by Crippen LogP contribution is 1.93. The van der Waals surface area contributed by atoms with E-state index in [4.69, 9.17) is 19.7 Å². The number of esters is 2. The molecule has 0 aromatic rings. The highest BCUT2D eigenvalue weighted by atomic mass is 16.6. The Labute approximate surface area is 108 Å². The van der Waals surface area contributed by atoms with Gasteiger partial charge in [0.1, 0.15) is 13.2 Å². The lowest BCUT2D eigenvalue weighted by Gasteiger charge is -2.04. The molecule has 0 aliphatic rings. The molecule has 6 heteroatoms. The van der Waals surface area contributed by atoms with E-state index in [0.717, 1.165) is 12.8 Å². The van der Waals surface area contributed by atoms with Gasteiger partial charge in [0.25, 0.3) is 0 Å². The van der Waals surface area contributed by atoms with Crippen molar-refractivity contribution in [3.05, 3.63) is 0 Å². The van der Waals surface area contributed by atoms with Crippen LogP contribution < -0.4 is 0 Å². The maximum Gasteiger partial charge on any atom is 0.305 e. The number of carbonyl (C=O) groups excluding carboxylic acids is 2. The number of hydrogen-bond acceptors (Lipinski definition) is 6. The summed E-state index contributed by atoms with van der Waals surface area (Å²) in [5.41, 5.74) is 0. The number of aliphatic hydroxyl groups is 2. The maximum atomic E-state index is 10.9. The molecule has 2 N–H and O–H groups in total. The van der Waals surface area contributed by atoms with E-state index in [1.54, 1.807) is 0 Å². The molecule has 0 fully saturated rings. The van der Waals surface area contributed by atoms with Gasteiger partial charge >= 0.3 is 11.9 Å². The van der Waals surface area contributed by atoms with Crippen molar-refractivity contribution in [1.29, 1.82) is 0 Å². The van der Waals surface area contributed by atoms with Gasteiger partial charge < -0.3 is 19.7 Å². The first-order chi connectivity index (χ1) is 8.62. The number of carbonyl (C=O) groups is 2. The van der Waals surface area contributed by atoms with Crippen LogP contribution in [0.4, 0.5) is 0 Å². The predicted molar refractivity (Wildman–Crippen MR) is 65.9 cm³/mol. The molecule has 0 bridgehead atoms. The van der Waals surface area contributed by atoms with Gasteiger partial charge in [-0.3, -0.25) is 9.59 Å². The van der Waals surface area contributed by atoms with Crippen LogP contribution >= 0.6 is 0 Å². The number of hydrogen-bond donors (Lipinski definition) is 2. The van der Waals surface area contributed by atoms with Gasteiger partial charge in [0.05, 0.1) is 13.2 Å². The third-order valence-corrected chi connectivity index (χ3v) is 1.62. The van der Waals surface area contributed by atoms with Gasteiger partial charge in [-0.1, -0.05) is 13.8 Å². The molecule has 0 atom stereocenters. The van der Waals surface area contributed by atoms with E-state index in [-0.39, 0.29) is 38.4 Å². The molecule has 18 heavy (non-hydrogen) atoms. The van der Waals surface area contributed by atoms with E-state index < -0.39 is 0 Å². The van der Waals surface area contributed by atoms with E-state index in [9.17, 15) is 9.59 Å². The van der Waals surface area contributed by atoms with Crippen molar-refractivity contribution in [1.82, 2.24) is 0 Å². The van der Waals surface area contributed by atoms with Crippen molar-refractivity contribution >= 4 is 11.9 Å². The van der Waals surface area contributed by atoms with Crippen LogP contribution in [0.2, 0.25) is 0 Å². The average Bonchev–Trinajstić information content (AvgIpc) is 2.36. The molecule has 0 spiro atoms. The lowest BCUT2D eigenvalue weighted by Crippen LogP contribution is -2.13. The van der Waals surface area contributed by atoms with Gasteiger partial charge in [0.15, 0.2) is 0 Å². The fraction of sp³-hybridized carbons (Fsp3) is 0.833. The van der Waals surface area contributed by atoms with Crippen LogP contribution in [0.5, 0.6) is 0 Å². The van der Waals surface area contributed by atoms with Crippen molar-refractivity contribution in [2.24, 2.45) is 0 Å². The van der Waals surface area contributed by atoms with E-state index in [1.165, 1.54) is 0 Å². The Kier molecular flexibility index (Phi) is 16.9. The van der Waals surface area contributed by atoms with Crippen molar-refractivity contribution in [2.75, 3.05) is 26.4 Å². The SMILES string of the molecule is CCCC(=O)OCCOC(=O)CCC.OCCO. The molecule has 0 unspecified atom stereocenters. The molecular weight excluding hydrogens is 240 g/mol. The van der Waals surface area contributed by atoms with Crippen LogP contribution in [0.3, 0.4) is 0 Å². The Bertz CT molecular complexity index is 183. The van der Waals surface area contributed by atoms with Crippen LogP contribution in [0.15, 0.2) is 0 Å². The fourth-order valence-corrected chi connectivity index (χ4v) is 0.864. The monoisotopic (exact) mass is 264 g/mol. The summed E-state index contributed by atoms with van der Waals surface area (Å²) in [4.78, 5) is 21.7. The molecule has 6 nitrogen and oxygen atoms in total. The highest BCUT2D eigenvalue weighted by Gasteiger charge is 2.02. The second-order valence-electron chi connectivity index (χ2n) is 3.39. The zero-order chi connectivity index (χ0) is 14.2. The van der Waals surface area contributed by atoms with Gasteiger partial charge in [-0.05, 0) is 12.8 Å². The number of rotatable bonds is 8. The van der Waals surface area contributed by atoms with Crippen molar-refractivity contribution in [2.45, 2.75) is 39.5 Å². The van der Waals surface area contributed by atoms with Crippen LogP contribution in [0, 0.1) is 0 Å². The second-order valence-corrected chi connectivity index (χ2v) is 3.39. The highest BCUT2D eigenvalue weighted by molar-refractivity contribution is 5.70. The summed E-state index contributed by atoms with van der Waals surface area (Å²) in [5.74, 6) is -0.474. The van der Waals surface area contributed by atoms with Crippen molar-refractivity contribution < 1.29 is 29.3 Å². The maximum absolute atomic E-state index is 10.9. The molecule has 0 heterocycles. The van der Waals surface area contributed by atoms with Gasteiger partial charge in [-0.25, -0.2) is 0 Å². The Morgan fingerprint density at radius 3 is 1.39 bits per heavy atom. The Morgan fingerprint density at radius 1 is 0.833 bits per heavy atom. The lowest BCUT2D eigenvalue weighted by molar-refractivity contribution is -0.152. The molecule has 0 aromatic heterocycles. The van der Waals surface area contributed by atoms with Crippen molar-refractivity contribution in [3.63, 3.8) is 0 Å². The van der Waals surface area contributed by atoms with E-state index in [1.807, 2.05) is 13.8 Å². The molecule has 0 radical (unpaired) electrons. The Balaban J connectivity index is 0. The van der Waals surface area contributed by atoms with Gasteiger partial charge in [-0.2, -0.15) is 0 Å². The zero-order valence-electron chi connectivity index (χ0n) is 11.2. The molecular formula is C12H24O6. The molecule has 108 valence electrons. The third kappa shape index (κ3) is 17.3. The van der Waals surface area contributed by atoms with E-state index in [0.29, 0.717) is 12.8 Å². The van der Waals surface area contributed by atoms with Crippen LogP contribution in [0.1, 0.15) is 39.5 Å². The molecule has 0 aromatic carbocycles. The fourth-order valence-electron chi connectivity index (χ4n) is 0.864. The minimum absolute atomic E-state index is 0.125. The topological polar surface area (TPSA) is 93.1 Å². The van der Waals surface area contributed by atoms with Crippen LogP contribution in [-0.4, -0.2) is 48.6 Å². The summed E-state index contributed by atoms with van der Waals surface area (Å²) >= 11 is 0. The molecule has 0 aliphatic carbocycles.